The van der Waals surface area contributed by atoms with Crippen molar-refractivity contribution >= 4 is 17.3 Å². The minimum absolute atomic E-state index is 0.137. The van der Waals surface area contributed by atoms with E-state index in [2.05, 4.69) is 10.2 Å². The van der Waals surface area contributed by atoms with Crippen LogP contribution in [0.2, 0.25) is 0 Å². The number of hydrogen-bond donors (Lipinski definition) is 1. The van der Waals surface area contributed by atoms with E-state index < -0.39 is 0 Å². The van der Waals surface area contributed by atoms with E-state index in [9.17, 15) is 9.18 Å². The molecule has 0 saturated carbocycles. The van der Waals surface area contributed by atoms with Crippen LogP contribution in [0.1, 0.15) is 24.8 Å². The number of methoxy groups -OCH3 is 1. The van der Waals surface area contributed by atoms with Crippen molar-refractivity contribution in [3.63, 3.8) is 0 Å². The molecule has 6 heteroatoms. The Labute approximate surface area is 159 Å². The molecule has 0 bridgehead atoms. The molecule has 1 saturated heterocycles. The molecule has 27 heavy (non-hydrogen) atoms. The van der Waals surface area contributed by atoms with Gasteiger partial charge in [-0.1, -0.05) is 19.1 Å². The third-order valence-electron chi connectivity index (χ3n) is 4.81. The standard InChI is InChI=1S/C21H25FN2O3/c1-3-18(15-4-6-16(22)7-5-15)21(25)23-19-14-17(8-9-20(19)26-2)24-10-12-27-13-11-24/h4-9,14,18H,3,10-13H2,1-2H3,(H,23,25). The quantitative estimate of drug-likeness (QED) is 0.838. The highest BCUT2D eigenvalue weighted by Gasteiger charge is 2.21. The Bertz CT molecular complexity index is 773. The van der Waals surface area contributed by atoms with E-state index in [1.165, 1.54) is 12.1 Å². The maximum Gasteiger partial charge on any atom is 0.232 e. The van der Waals surface area contributed by atoms with Crippen LogP contribution >= 0.6 is 0 Å². The van der Waals surface area contributed by atoms with Gasteiger partial charge in [-0.3, -0.25) is 4.79 Å². The van der Waals surface area contributed by atoms with Crippen molar-refractivity contribution in [3.05, 3.63) is 53.8 Å². The molecule has 1 aliphatic heterocycles. The molecule has 0 aromatic heterocycles. The van der Waals surface area contributed by atoms with E-state index in [0.29, 0.717) is 31.1 Å². The van der Waals surface area contributed by atoms with E-state index in [-0.39, 0.29) is 17.6 Å². The van der Waals surface area contributed by atoms with E-state index in [0.717, 1.165) is 24.3 Å². The van der Waals surface area contributed by atoms with Gasteiger partial charge in [-0.15, -0.1) is 0 Å². The Kier molecular flexibility index (Phi) is 6.29. The molecule has 1 aliphatic rings. The Morgan fingerprint density at radius 2 is 1.93 bits per heavy atom. The summed E-state index contributed by atoms with van der Waals surface area (Å²) in [6.07, 6.45) is 0.614. The molecule has 1 unspecified atom stereocenters. The molecule has 1 N–H and O–H groups in total. The second-order valence-corrected chi connectivity index (χ2v) is 6.49. The van der Waals surface area contributed by atoms with Gasteiger partial charge in [-0.2, -0.15) is 0 Å². The summed E-state index contributed by atoms with van der Waals surface area (Å²) in [5, 5.41) is 2.99. The fraction of sp³-hybridized carbons (Fsp3) is 0.381. The highest BCUT2D eigenvalue weighted by Crippen LogP contribution is 2.31. The number of benzene rings is 2. The van der Waals surface area contributed by atoms with Crippen LogP contribution in [0.15, 0.2) is 42.5 Å². The summed E-state index contributed by atoms with van der Waals surface area (Å²) in [6.45, 7) is 4.95. The van der Waals surface area contributed by atoms with Gasteiger partial charge in [0, 0.05) is 18.8 Å². The number of nitrogens with one attached hydrogen (secondary N) is 1. The molecular weight excluding hydrogens is 347 g/mol. The van der Waals surface area contributed by atoms with Crippen molar-refractivity contribution in [2.24, 2.45) is 0 Å². The first-order valence-electron chi connectivity index (χ1n) is 9.19. The summed E-state index contributed by atoms with van der Waals surface area (Å²) in [5.74, 6) is -0.202. The van der Waals surface area contributed by atoms with Gasteiger partial charge in [0.2, 0.25) is 5.91 Å². The maximum absolute atomic E-state index is 13.2. The molecule has 0 aliphatic carbocycles. The number of hydrogen-bond acceptors (Lipinski definition) is 4. The van der Waals surface area contributed by atoms with Gasteiger partial charge < -0.3 is 19.7 Å². The molecule has 1 amide bonds. The average Bonchev–Trinajstić information content (AvgIpc) is 2.70. The Balaban J connectivity index is 1.81. The van der Waals surface area contributed by atoms with Gasteiger partial charge in [0.1, 0.15) is 11.6 Å². The van der Waals surface area contributed by atoms with Crippen LogP contribution in [0.25, 0.3) is 0 Å². The lowest BCUT2D eigenvalue weighted by Gasteiger charge is -2.29. The zero-order valence-corrected chi connectivity index (χ0v) is 15.7. The van der Waals surface area contributed by atoms with Gasteiger partial charge in [-0.25, -0.2) is 4.39 Å². The molecule has 1 heterocycles. The van der Waals surface area contributed by atoms with Crippen LogP contribution in [0.5, 0.6) is 5.75 Å². The number of anilines is 2. The number of ether oxygens (including phenoxy) is 2. The van der Waals surface area contributed by atoms with Crippen molar-refractivity contribution in [2.45, 2.75) is 19.3 Å². The number of halogens is 1. The summed E-state index contributed by atoms with van der Waals surface area (Å²) < 4.78 is 24.0. The third kappa shape index (κ3) is 4.57. The number of rotatable bonds is 6. The smallest absolute Gasteiger partial charge is 0.232 e. The first-order chi connectivity index (χ1) is 13.1. The fourth-order valence-corrected chi connectivity index (χ4v) is 3.30. The molecular formula is C21H25FN2O3. The Morgan fingerprint density at radius 3 is 2.56 bits per heavy atom. The molecule has 1 fully saturated rings. The largest absolute Gasteiger partial charge is 0.495 e. The zero-order chi connectivity index (χ0) is 19.2. The molecule has 144 valence electrons. The van der Waals surface area contributed by atoms with Crippen molar-refractivity contribution in [3.8, 4) is 5.75 Å². The van der Waals surface area contributed by atoms with Crippen molar-refractivity contribution < 1.29 is 18.7 Å². The maximum atomic E-state index is 13.2. The fourth-order valence-electron chi connectivity index (χ4n) is 3.30. The SMILES string of the molecule is CCC(C(=O)Nc1cc(N2CCOCC2)ccc1OC)c1ccc(F)cc1. The van der Waals surface area contributed by atoms with Crippen LogP contribution in [0.3, 0.4) is 0 Å². The number of carbonyl (C=O) groups is 1. The van der Waals surface area contributed by atoms with Gasteiger partial charge in [0.05, 0.1) is 31.9 Å². The number of nitrogens with zero attached hydrogens (tertiary/aromatic N) is 1. The van der Waals surface area contributed by atoms with Gasteiger partial charge in [0.15, 0.2) is 0 Å². The number of carbonyl (C=O) groups excluding carboxylic acids is 1. The van der Waals surface area contributed by atoms with Crippen molar-refractivity contribution in [2.75, 3.05) is 43.6 Å². The Hall–Kier alpha value is -2.60. The lowest BCUT2D eigenvalue weighted by atomic mass is 9.95. The molecule has 5 nitrogen and oxygen atoms in total. The van der Waals surface area contributed by atoms with Crippen LogP contribution < -0.4 is 15.0 Å². The van der Waals surface area contributed by atoms with Crippen LogP contribution in [-0.2, 0) is 9.53 Å². The number of amides is 1. The second kappa shape index (κ2) is 8.86. The zero-order valence-electron chi connectivity index (χ0n) is 15.7. The van der Waals surface area contributed by atoms with Gasteiger partial charge in [-0.05, 0) is 42.3 Å². The van der Waals surface area contributed by atoms with Crippen LogP contribution in [0.4, 0.5) is 15.8 Å². The van der Waals surface area contributed by atoms with E-state index in [4.69, 9.17) is 9.47 Å². The topological polar surface area (TPSA) is 50.8 Å². The normalized spacial score (nSPS) is 15.3. The highest BCUT2D eigenvalue weighted by atomic mass is 19.1. The summed E-state index contributed by atoms with van der Waals surface area (Å²) >= 11 is 0. The summed E-state index contributed by atoms with van der Waals surface area (Å²) in [4.78, 5) is 15.1. The van der Waals surface area contributed by atoms with Crippen molar-refractivity contribution in [1.29, 1.82) is 0 Å². The lowest BCUT2D eigenvalue weighted by molar-refractivity contribution is -0.117. The molecule has 0 spiro atoms. The second-order valence-electron chi connectivity index (χ2n) is 6.49. The first kappa shape index (κ1) is 19.2. The van der Waals surface area contributed by atoms with Crippen LogP contribution in [0, 0.1) is 5.82 Å². The molecule has 2 aromatic carbocycles. The summed E-state index contributed by atoms with van der Waals surface area (Å²) in [7, 11) is 1.58. The van der Waals surface area contributed by atoms with E-state index >= 15 is 0 Å². The minimum Gasteiger partial charge on any atom is -0.495 e. The van der Waals surface area contributed by atoms with Gasteiger partial charge in [0.25, 0.3) is 0 Å². The average molecular weight is 372 g/mol. The molecule has 0 radical (unpaired) electrons. The van der Waals surface area contributed by atoms with Gasteiger partial charge >= 0.3 is 0 Å². The summed E-state index contributed by atoms with van der Waals surface area (Å²) in [6, 6.07) is 11.8. The van der Waals surface area contributed by atoms with Crippen LogP contribution in [-0.4, -0.2) is 39.3 Å². The molecule has 3 rings (SSSR count). The Morgan fingerprint density at radius 1 is 1.22 bits per heavy atom. The molecule has 2 aromatic rings. The predicted molar refractivity (Wildman–Crippen MR) is 104 cm³/mol. The molecule has 1 atom stereocenters. The summed E-state index contributed by atoms with van der Waals surface area (Å²) in [5.41, 5.74) is 2.44. The minimum atomic E-state index is -0.359. The van der Waals surface area contributed by atoms with E-state index in [1.807, 2.05) is 25.1 Å². The highest BCUT2D eigenvalue weighted by molar-refractivity contribution is 5.97. The van der Waals surface area contributed by atoms with Crippen molar-refractivity contribution in [1.82, 2.24) is 0 Å². The first-order valence-corrected chi connectivity index (χ1v) is 9.19. The monoisotopic (exact) mass is 372 g/mol. The lowest BCUT2D eigenvalue weighted by Crippen LogP contribution is -2.36. The number of morpholine rings is 1. The van der Waals surface area contributed by atoms with E-state index in [1.54, 1.807) is 19.2 Å². The third-order valence-corrected chi connectivity index (χ3v) is 4.81. The predicted octanol–water partition coefficient (Wildman–Crippen LogP) is 3.80.